The van der Waals surface area contributed by atoms with Gasteiger partial charge in [0.05, 0.1) is 6.10 Å². The van der Waals surface area contributed by atoms with Crippen molar-refractivity contribution in [1.29, 1.82) is 0 Å². The number of carbonyl (C=O) groups is 1. The molecule has 0 aromatic carbocycles. The summed E-state index contributed by atoms with van der Waals surface area (Å²) in [5.41, 5.74) is 1.38. The second-order valence-electron chi connectivity index (χ2n) is 4.65. The van der Waals surface area contributed by atoms with Crippen LogP contribution in [0, 0.1) is 0 Å². The smallest absolute Gasteiger partial charge is 0.331 e. The minimum atomic E-state index is -0.862. The Morgan fingerprint density at radius 2 is 2.30 bits per heavy atom. The summed E-state index contributed by atoms with van der Waals surface area (Å²) in [4.78, 5) is 15.0. The lowest BCUT2D eigenvalue weighted by molar-refractivity contribution is -0.132. The van der Waals surface area contributed by atoms with Gasteiger partial charge in [-0.1, -0.05) is 19.1 Å². The van der Waals surface area contributed by atoms with Crippen molar-refractivity contribution in [2.24, 2.45) is 0 Å². The molecule has 0 aliphatic carbocycles. The Balaban J connectivity index is 2.56. The monoisotopic (exact) mass is 278 g/mol. The van der Waals surface area contributed by atoms with Gasteiger partial charge in [-0.05, 0) is 26.3 Å². The Morgan fingerprint density at radius 1 is 1.55 bits per heavy atom. The van der Waals surface area contributed by atoms with E-state index in [9.17, 15) is 4.79 Å². The molecule has 0 radical (unpaired) electrons. The molecule has 1 aromatic rings. The van der Waals surface area contributed by atoms with Crippen LogP contribution in [0.25, 0.3) is 0 Å². The molecule has 1 heterocycles. The van der Waals surface area contributed by atoms with E-state index < -0.39 is 5.97 Å². The number of carboxylic acid groups (broad SMARTS) is 1. The fraction of sp³-hybridized carbons (Fsp3) is 0.467. The Kier molecular flexibility index (Phi) is 6.73. The summed E-state index contributed by atoms with van der Waals surface area (Å²) in [6.07, 6.45) is 3.98. The van der Waals surface area contributed by atoms with E-state index in [1.807, 2.05) is 32.9 Å². The molecule has 5 nitrogen and oxygen atoms in total. The van der Waals surface area contributed by atoms with E-state index in [1.165, 1.54) is 0 Å². The summed E-state index contributed by atoms with van der Waals surface area (Å²) in [6, 6.07) is 3.80. The van der Waals surface area contributed by atoms with Gasteiger partial charge in [-0.15, -0.1) is 0 Å². The average Bonchev–Trinajstić information content (AvgIpc) is 2.39. The predicted molar refractivity (Wildman–Crippen MR) is 77.7 cm³/mol. The van der Waals surface area contributed by atoms with E-state index in [1.54, 1.807) is 12.3 Å². The third-order valence-electron chi connectivity index (χ3n) is 2.66. The van der Waals surface area contributed by atoms with Crippen molar-refractivity contribution in [3.63, 3.8) is 0 Å². The van der Waals surface area contributed by atoms with Gasteiger partial charge >= 0.3 is 5.97 Å². The van der Waals surface area contributed by atoms with Crippen molar-refractivity contribution >= 4 is 5.97 Å². The Hall–Kier alpha value is -1.88. The first-order valence-corrected chi connectivity index (χ1v) is 6.78. The SMILES string of the molecule is CC/C(=C/CNCc1cccnc1OC(C)C)C(=O)O. The van der Waals surface area contributed by atoms with E-state index in [4.69, 9.17) is 9.84 Å². The van der Waals surface area contributed by atoms with Gasteiger partial charge in [0.2, 0.25) is 5.88 Å². The van der Waals surface area contributed by atoms with Crippen molar-refractivity contribution in [3.05, 3.63) is 35.5 Å². The Morgan fingerprint density at radius 3 is 2.90 bits per heavy atom. The minimum Gasteiger partial charge on any atom is -0.478 e. The number of rotatable bonds is 8. The molecule has 1 rings (SSSR count). The zero-order chi connectivity index (χ0) is 15.0. The summed E-state index contributed by atoms with van der Waals surface area (Å²) < 4.78 is 5.62. The van der Waals surface area contributed by atoms with Crippen molar-refractivity contribution in [1.82, 2.24) is 10.3 Å². The van der Waals surface area contributed by atoms with Crippen LogP contribution in [0.4, 0.5) is 0 Å². The van der Waals surface area contributed by atoms with Crippen LogP contribution in [0.5, 0.6) is 5.88 Å². The molecule has 0 bridgehead atoms. The molecular weight excluding hydrogens is 256 g/mol. The van der Waals surface area contributed by atoms with Crippen LogP contribution in [0.2, 0.25) is 0 Å². The number of ether oxygens (including phenoxy) is 1. The number of hydrogen-bond donors (Lipinski definition) is 2. The largest absolute Gasteiger partial charge is 0.478 e. The number of hydrogen-bond acceptors (Lipinski definition) is 4. The molecule has 110 valence electrons. The quantitative estimate of drug-likeness (QED) is 0.564. The third-order valence-corrected chi connectivity index (χ3v) is 2.66. The molecule has 0 fully saturated rings. The molecule has 20 heavy (non-hydrogen) atoms. The molecule has 0 aliphatic heterocycles. The summed E-state index contributed by atoms with van der Waals surface area (Å²) in [6.45, 7) is 6.83. The van der Waals surface area contributed by atoms with Gasteiger partial charge < -0.3 is 15.2 Å². The summed E-state index contributed by atoms with van der Waals surface area (Å²) in [5, 5.41) is 12.1. The van der Waals surface area contributed by atoms with Gasteiger partial charge in [0.15, 0.2) is 0 Å². The van der Waals surface area contributed by atoms with Gasteiger partial charge in [-0.25, -0.2) is 9.78 Å². The molecule has 0 atom stereocenters. The highest BCUT2D eigenvalue weighted by molar-refractivity contribution is 5.86. The van der Waals surface area contributed by atoms with Crippen LogP contribution in [0.1, 0.15) is 32.8 Å². The fourth-order valence-corrected chi connectivity index (χ4v) is 1.67. The lowest BCUT2D eigenvalue weighted by atomic mass is 10.2. The van der Waals surface area contributed by atoms with E-state index in [2.05, 4.69) is 10.3 Å². The van der Waals surface area contributed by atoms with Crippen LogP contribution < -0.4 is 10.1 Å². The number of pyridine rings is 1. The van der Waals surface area contributed by atoms with Gasteiger partial charge in [-0.3, -0.25) is 0 Å². The Labute approximate surface area is 119 Å². The van der Waals surface area contributed by atoms with Crippen molar-refractivity contribution < 1.29 is 14.6 Å². The molecular formula is C15H22N2O3. The molecule has 2 N–H and O–H groups in total. The van der Waals surface area contributed by atoms with Crippen molar-refractivity contribution in [2.45, 2.75) is 39.8 Å². The predicted octanol–water partition coefficient (Wildman–Crippen LogP) is 2.38. The molecule has 0 aliphatic rings. The highest BCUT2D eigenvalue weighted by Crippen LogP contribution is 2.15. The molecule has 1 aromatic heterocycles. The van der Waals surface area contributed by atoms with E-state index in [-0.39, 0.29) is 6.10 Å². The molecule has 5 heteroatoms. The van der Waals surface area contributed by atoms with Gasteiger partial charge in [0.1, 0.15) is 0 Å². The number of aromatic nitrogens is 1. The van der Waals surface area contributed by atoms with Crippen LogP contribution >= 0.6 is 0 Å². The van der Waals surface area contributed by atoms with Crippen LogP contribution in [-0.4, -0.2) is 28.7 Å². The Bertz CT molecular complexity index is 470. The normalized spacial score (nSPS) is 11.7. The minimum absolute atomic E-state index is 0.0715. The van der Waals surface area contributed by atoms with Crippen LogP contribution in [0.3, 0.4) is 0 Å². The highest BCUT2D eigenvalue weighted by atomic mass is 16.5. The second-order valence-corrected chi connectivity index (χ2v) is 4.65. The molecule has 0 amide bonds. The summed E-state index contributed by atoms with van der Waals surface area (Å²) >= 11 is 0. The maximum Gasteiger partial charge on any atom is 0.331 e. The van der Waals surface area contributed by atoms with E-state index in [0.29, 0.717) is 31.0 Å². The lowest BCUT2D eigenvalue weighted by Gasteiger charge is -2.12. The number of nitrogens with one attached hydrogen (secondary N) is 1. The first-order valence-electron chi connectivity index (χ1n) is 6.78. The standard InChI is InChI=1S/C15H22N2O3/c1-4-12(15(18)19)7-9-16-10-13-6-5-8-17-14(13)20-11(2)3/h5-8,11,16H,4,9-10H2,1-3H3,(H,18,19)/b12-7-. The molecule has 0 unspecified atom stereocenters. The van der Waals surface area contributed by atoms with E-state index in [0.717, 1.165) is 5.56 Å². The van der Waals surface area contributed by atoms with E-state index >= 15 is 0 Å². The maximum absolute atomic E-state index is 10.8. The number of nitrogens with zero attached hydrogens (tertiary/aromatic N) is 1. The zero-order valence-electron chi connectivity index (χ0n) is 12.2. The topological polar surface area (TPSA) is 71.5 Å². The van der Waals surface area contributed by atoms with Gasteiger partial charge in [0.25, 0.3) is 0 Å². The van der Waals surface area contributed by atoms with Gasteiger partial charge in [0, 0.05) is 30.4 Å². The summed E-state index contributed by atoms with van der Waals surface area (Å²) in [5.74, 6) is -0.243. The maximum atomic E-state index is 10.8. The zero-order valence-corrected chi connectivity index (χ0v) is 12.2. The molecule has 0 saturated carbocycles. The van der Waals surface area contributed by atoms with Gasteiger partial charge in [-0.2, -0.15) is 0 Å². The second kappa shape index (κ2) is 8.32. The average molecular weight is 278 g/mol. The lowest BCUT2D eigenvalue weighted by Crippen LogP contribution is -2.17. The van der Waals surface area contributed by atoms with Crippen molar-refractivity contribution in [3.8, 4) is 5.88 Å². The first-order chi connectivity index (χ1) is 9.54. The highest BCUT2D eigenvalue weighted by Gasteiger charge is 2.06. The number of carboxylic acids is 1. The van der Waals surface area contributed by atoms with Crippen LogP contribution in [-0.2, 0) is 11.3 Å². The van der Waals surface area contributed by atoms with Crippen LogP contribution in [0.15, 0.2) is 30.0 Å². The number of aliphatic carboxylic acids is 1. The first kappa shape index (κ1) is 16.2. The third kappa shape index (κ3) is 5.40. The summed E-state index contributed by atoms with van der Waals surface area (Å²) in [7, 11) is 0. The fourth-order valence-electron chi connectivity index (χ4n) is 1.67. The molecule has 0 saturated heterocycles. The van der Waals surface area contributed by atoms with Crippen molar-refractivity contribution in [2.75, 3.05) is 6.54 Å². The molecule has 0 spiro atoms.